The fraction of sp³-hybridized carbons (Fsp3) is 0.886. The Morgan fingerprint density at radius 2 is 1.53 bits per heavy atom. The number of unbranched alkanes of at least 4 members (excludes halogenated alkanes) is 10. The summed E-state index contributed by atoms with van der Waals surface area (Å²) in [5.41, 5.74) is 2.44. The van der Waals surface area contributed by atoms with Gasteiger partial charge in [0.15, 0.2) is 0 Å². The van der Waals surface area contributed by atoms with Crippen molar-refractivity contribution in [2.24, 2.45) is 46.3 Å². The molecule has 0 aromatic heterocycles. The SMILES string of the molecule is CCCCCCCCCCC/C=C\CCCC(=O)OO[C@H]1CCC2(C)C(=CCC3C2CCC2(C)C(C(C)CCCC(C)C)CCC32)C1. The summed E-state index contributed by atoms with van der Waals surface area (Å²) in [4.78, 5) is 23.6. The number of fused-ring (bicyclic) bond motifs is 5. The van der Waals surface area contributed by atoms with Gasteiger partial charge in [0.2, 0.25) is 0 Å². The fourth-order valence-electron chi connectivity index (χ4n) is 11.1. The molecule has 0 aromatic carbocycles. The Labute approximate surface area is 291 Å². The third kappa shape index (κ3) is 10.7. The zero-order chi connectivity index (χ0) is 33.7. The standard InChI is InChI=1S/C44H76O3/c1-7-8-9-10-11-12-13-14-15-16-17-18-19-20-24-42(45)47-46-37-29-31-43(5)36(33-37)25-26-38-40-28-27-39(35(4)23-21-22-34(2)3)44(40,6)32-30-41(38)43/h17-18,25,34-35,37-41H,7-16,19-24,26-33H2,1-6H3/b18-17-/t35?,37-,38?,39?,40?,41?,43?,44?/m0/s1. The van der Waals surface area contributed by atoms with Crippen molar-refractivity contribution in [3.8, 4) is 0 Å². The van der Waals surface area contributed by atoms with Crippen molar-refractivity contribution in [1.82, 2.24) is 0 Å². The summed E-state index contributed by atoms with van der Waals surface area (Å²) in [5.74, 6) is 4.97. The number of hydrogen-bond acceptors (Lipinski definition) is 3. The summed E-state index contributed by atoms with van der Waals surface area (Å²) >= 11 is 0. The van der Waals surface area contributed by atoms with Crippen LogP contribution in [-0.2, 0) is 14.6 Å². The lowest BCUT2D eigenvalue weighted by Gasteiger charge is -2.58. The number of rotatable bonds is 21. The number of carbonyl (C=O) groups excluding carboxylic acids is 1. The molecule has 4 aliphatic rings. The van der Waals surface area contributed by atoms with E-state index in [9.17, 15) is 4.79 Å². The monoisotopic (exact) mass is 653 g/mol. The van der Waals surface area contributed by atoms with Crippen molar-refractivity contribution in [3.05, 3.63) is 23.8 Å². The van der Waals surface area contributed by atoms with E-state index in [1.165, 1.54) is 122 Å². The van der Waals surface area contributed by atoms with Crippen LogP contribution < -0.4 is 0 Å². The average molecular weight is 653 g/mol. The van der Waals surface area contributed by atoms with Crippen molar-refractivity contribution in [1.29, 1.82) is 0 Å². The molecule has 3 heteroatoms. The van der Waals surface area contributed by atoms with E-state index in [0.29, 0.717) is 17.3 Å². The predicted octanol–water partition coefficient (Wildman–Crippen LogP) is 13.5. The maximum absolute atomic E-state index is 12.5. The van der Waals surface area contributed by atoms with Gasteiger partial charge in [-0.15, -0.1) is 0 Å². The van der Waals surface area contributed by atoms with Gasteiger partial charge in [-0.3, -0.25) is 4.89 Å². The van der Waals surface area contributed by atoms with Gasteiger partial charge in [0.05, 0.1) is 0 Å². The molecule has 8 atom stereocenters. The van der Waals surface area contributed by atoms with E-state index in [1.807, 2.05) is 0 Å². The summed E-state index contributed by atoms with van der Waals surface area (Å²) < 4.78 is 0. The molecule has 270 valence electrons. The molecule has 4 rings (SSSR count). The van der Waals surface area contributed by atoms with Crippen LogP contribution in [0, 0.1) is 46.3 Å². The quantitative estimate of drug-likeness (QED) is 0.0536. The molecule has 0 amide bonds. The first kappa shape index (κ1) is 38.7. The van der Waals surface area contributed by atoms with Crippen LogP contribution in [0.5, 0.6) is 0 Å². The van der Waals surface area contributed by atoms with Gasteiger partial charge >= 0.3 is 5.97 Å². The number of carbonyl (C=O) groups is 1. The zero-order valence-corrected chi connectivity index (χ0v) is 32.0. The van der Waals surface area contributed by atoms with Crippen molar-refractivity contribution in [2.45, 2.75) is 202 Å². The fourth-order valence-corrected chi connectivity index (χ4v) is 11.1. The van der Waals surface area contributed by atoms with Crippen LogP contribution in [0.4, 0.5) is 0 Å². The van der Waals surface area contributed by atoms with E-state index < -0.39 is 0 Å². The predicted molar refractivity (Wildman–Crippen MR) is 199 cm³/mol. The smallest absolute Gasteiger partial charge is 0.298 e. The van der Waals surface area contributed by atoms with Gasteiger partial charge in [0, 0.05) is 6.42 Å². The first-order valence-corrected chi connectivity index (χ1v) is 20.9. The normalized spacial score (nSPS) is 32.6. The van der Waals surface area contributed by atoms with Crippen LogP contribution in [0.1, 0.15) is 196 Å². The minimum atomic E-state index is -0.204. The molecule has 0 aromatic rings. The van der Waals surface area contributed by atoms with Gasteiger partial charge in [0.25, 0.3) is 0 Å². The molecule has 3 saturated carbocycles. The van der Waals surface area contributed by atoms with Crippen LogP contribution in [-0.4, -0.2) is 12.1 Å². The molecule has 0 N–H and O–H groups in total. The third-order valence-corrected chi connectivity index (χ3v) is 13.9. The summed E-state index contributed by atoms with van der Waals surface area (Å²) in [6, 6.07) is 0. The molecule has 7 unspecified atom stereocenters. The molecular formula is C44H76O3. The topological polar surface area (TPSA) is 35.5 Å². The molecule has 0 radical (unpaired) electrons. The highest BCUT2D eigenvalue weighted by Gasteiger charge is 2.59. The second-order valence-electron chi connectivity index (χ2n) is 17.7. The van der Waals surface area contributed by atoms with E-state index in [4.69, 9.17) is 9.78 Å². The van der Waals surface area contributed by atoms with E-state index in [2.05, 4.69) is 59.8 Å². The van der Waals surface area contributed by atoms with Gasteiger partial charge in [-0.2, -0.15) is 4.89 Å². The molecular weight excluding hydrogens is 576 g/mol. The molecule has 0 saturated heterocycles. The molecule has 0 heterocycles. The highest BCUT2D eigenvalue weighted by Crippen LogP contribution is 2.67. The van der Waals surface area contributed by atoms with E-state index in [-0.39, 0.29) is 12.1 Å². The molecule has 3 fully saturated rings. The molecule has 3 nitrogen and oxygen atoms in total. The lowest BCUT2D eigenvalue weighted by molar-refractivity contribution is -0.302. The maximum atomic E-state index is 12.5. The lowest BCUT2D eigenvalue weighted by Crippen LogP contribution is -2.51. The van der Waals surface area contributed by atoms with Gasteiger partial charge in [-0.05, 0) is 123 Å². The molecule has 0 bridgehead atoms. The van der Waals surface area contributed by atoms with Gasteiger partial charge in [0.1, 0.15) is 6.10 Å². The first-order chi connectivity index (χ1) is 22.7. The van der Waals surface area contributed by atoms with E-state index >= 15 is 0 Å². The lowest BCUT2D eigenvalue weighted by atomic mass is 9.47. The minimum absolute atomic E-state index is 0.0162. The van der Waals surface area contributed by atoms with Crippen molar-refractivity contribution >= 4 is 5.97 Å². The summed E-state index contributed by atoms with van der Waals surface area (Å²) in [6.07, 6.45) is 37.3. The third-order valence-electron chi connectivity index (χ3n) is 13.9. The highest BCUT2D eigenvalue weighted by atomic mass is 17.2. The Kier molecular flexibility index (Phi) is 15.9. The first-order valence-electron chi connectivity index (χ1n) is 20.9. The van der Waals surface area contributed by atoms with Crippen molar-refractivity contribution in [3.63, 3.8) is 0 Å². The Balaban J connectivity index is 1.12. The van der Waals surface area contributed by atoms with Crippen LogP contribution in [0.2, 0.25) is 0 Å². The second kappa shape index (κ2) is 19.3. The maximum Gasteiger partial charge on any atom is 0.342 e. The van der Waals surface area contributed by atoms with Crippen LogP contribution in [0.25, 0.3) is 0 Å². The Bertz CT molecular complexity index is 981. The number of allylic oxidation sites excluding steroid dienone is 3. The second-order valence-corrected chi connectivity index (χ2v) is 17.7. The van der Waals surface area contributed by atoms with Crippen molar-refractivity contribution < 1.29 is 14.6 Å². The van der Waals surface area contributed by atoms with Crippen LogP contribution in [0.3, 0.4) is 0 Å². The minimum Gasteiger partial charge on any atom is -0.298 e. The number of hydrogen-bond donors (Lipinski definition) is 0. The largest absolute Gasteiger partial charge is 0.342 e. The molecule has 47 heavy (non-hydrogen) atoms. The summed E-state index contributed by atoms with van der Waals surface area (Å²) in [6.45, 7) is 14.9. The van der Waals surface area contributed by atoms with Crippen molar-refractivity contribution in [2.75, 3.05) is 0 Å². The van der Waals surface area contributed by atoms with Crippen LogP contribution in [0.15, 0.2) is 23.8 Å². The average Bonchev–Trinajstić information content (AvgIpc) is 3.41. The van der Waals surface area contributed by atoms with E-state index in [1.54, 1.807) is 5.57 Å². The molecule has 4 aliphatic carbocycles. The Morgan fingerprint density at radius 3 is 2.26 bits per heavy atom. The highest BCUT2D eigenvalue weighted by molar-refractivity contribution is 5.68. The Morgan fingerprint density at radius 1 is 0.830 bits per heavy atom. The van der Waals surface area contributed by atoms with Gasteiger partial charge in [-0.1, -0.05) is 136 Å². The van der Waals surface area contributed by atoms with E-state index in [0.717, 1.165) is 61.2 Å². The van der Waals surface area contributed by atoms with Gasteiger partial charge in [-0.25, -0.2) is 4.79 Å². The Hall–Kier alpha value is -1.09. The summed E-state index contributed by atoms with van der Waals surface area (Å²) in [5, 5.41) is 0. The zero-order valence-electron chi connectivity index (χ0n) is 32.0. The van der Waals surface area contributed by atoms with Crippen LogP contribution >= 0.6 is 0 Å². The summed E-state index contributed by atoms with van der Waals surface area (Å²) in [7, 11) is 0. The molecule has 0 spiro atoms. The van der Waals surface area contributed by atoms with Gasteiger partial charge < -0.3 is 0 Å². The molecule has 0 aliphatic heterocycles.